The lowest BCUT2D eigenvalue weighted by molar-refractivity contribution is -0.122. The number of hydrogen-bond acceptors (Lipinski definition) is 3. The van der Waals surface area contributed by atoms with E-state index in [2.05, 4.69) is 5.32 Å². The van der Waals surface area contributed by atoms with Crippen molar-refractivity contribution in [3.63, 3.8) is 0 Å². The Morgan fingerprint density at radius 3 is 2.95 bits per heavy atom. The third-order valence-electron chi connectivity index (χ3n) is 3.70. The number of nitrogens with one attached hydrogen (secondary N) is 1. The molecule has 102 valence electrons. The molecule has 1 aromatic carbocycles. The van der Waals surface area contributed by atoms with Crippen LogP contribution < -0.4 is 5.32 Å². The summed E-state index contributed by atoms with van der Waals surface area (Å²) >= 11 is 0. The molecule has 0 radical (unpaired) electrons. The van der Waals surface area contributed by atoms with Gasteiger partial charge in [-0.05, 0) is 30.2 Å². The van der Waals surface area contributed by atoms with E-state index in [1.54, 1.807) is 24.5 Å². The first-order chi connectivity index (χ1) is 9.66. The number of ketones is 1. The SMILES string of the molecule is Cc1cccc2c1C(C(=O)NCc1ccco1)CC2=O. The number of rotatable bonds is 3. The van der Waals surface area contributed by atoms with Crippen molar-refractivity contribution in [1.29, 1.82) is 0 Å². The molecule has 0 bridgehead atoms. The van der Waals surface area contributed by atoms with Gasteiger partial charge in [-0.2, -0.15) is 0 Å². The standard InChI is InChI=1S/C16H15NO3/c1-10-4-2-6-12-14(18)8-13(15(10)12)16(19)17-9-11-5-3-7-20-11/h2-7,13H,8-9H2,1H3,(H,17,19). The summed E-state index contributed by atoms with van der Waals surface area (Å²) in [4.78, 5) is 24.3. The molecule has 0 fully saturated rings. The van der Waals surface area contributed by atoms with Crippen LogP contribution in [0.1, 0.15) is 39.6 Å². The van der Waals surface area contributed by atoms with E-state index in [-0.39, 0.29) is 24.0 Å². The third kappa shape index (κ3) is 2.13. The Labute approximate surface area is 116 Å². The van der Waals surface area contributed by atoms with E-state index in [1.807, 2.05) is 19.1 Å². The van der Waals surface area contributed by atoms with Crippen LogP contribution in [0, 0.1) is 6.92 Å². The zero-order chi connectivity index (χ0) is 14.1. The molecule has 1 aromatic heterocycles. The lowest BCUT2D eigenvalue weighted by atomic mass is 9.96. The molecule has 4 heteroatoms. The summed E-state index contributed by atoms with van der Waals surface area (Å²) < 4.78 is 5.18. The summed E-state index contributed by atoms with van der Waals surface area (Å²) in [5.74, 6) is 0.242. The summed E-state index contributed by atoms with van der Waals surface area (Å²) in [6.45, 7) is 2.28. The zero-order valence-corrected chi connectivity index (χ0v) is 11.2. The number of hydrogen-bond donors (Lipinski definition) is 1. The normalized spacial score (nSPS) is 17.1. The van der Waals surface area contributed by atoms with Gasteiger partial charge in [0.25, 0.3) is 0 Å². The molecule has 1 amide bonds. The molecule has 3 rings (SSSR count). The largest absolute Gasteiger partial charge is 0.467 e. The van der Waals surface area contributed by atoms with Gasteiger partial charge < -0.3 is 9.73 Å². The minimum absolute atomic E-state index is 0.0434. The van der Waals surface area contributed by atoms with Crippen molar-refractivity contribution < 1.29 is 14.0 Å². The second-order valence-corrected chi connectivity index (χ2v) is 5.01. The number of fused-ring (bicyclic) bond motifs is 1. The van der Waals surface area contributed by atoms with Crippen molar-refractivity contribution in [2.45, 2.75) is 25.8 Å². The highest BCUT2D eigenvalue weighted by Crippen LogP contribution is 2.35. The number of carbonyl (C=O) groups is 2. The van der Waals surface area contributed by atoms with Gasteiger partial charge in [0.2, 0.25) is 5.91 Å². The maximum Gasteiger partial charge on any atom is 0.228 e. The summed E-state index contributed by atoms with van der Waals surface area (Å²) in [5, 5.41) is 2.83. The highest BCUT2D eigenvalue weighted by molar-refractivity contribution is 6.07. The highest BCUT2D eigenvalue weighted by atomic mass is 16.3. The van der Waals surface area contributed by atoms with E-state index in [4.69, 9.17) is 4.42 Å². The molecule has 1 aliphatic rings. The van der Waals surface area contributed by atoms with Crippen LogP contribution in [-0.4, -0.2) is 11.7 Å². The number of carbonyl (C=O) groups excluding carboxylic acids is 2. The van der Waals surface area contributed by atoms with Gasteiger partial charge >= 0.3 is 0 Å². The lowest BCUT2D eigenvalue weighted by Gasteiger charge is -2.13. The van der Waals surface area contributed by atoms with Gasteiger partial charge in [0.1, 0.15) is 5.76 Å². The number of Topliss-reactive ketones (excluding diaryl/α,β-unsaturated/α-hetero) is 1. The van der Waals surface area contributed by atoms with Crippen LogP contribution in [0.2, 0.25) is 0 Å². The van der Waals surface area contributed by atoms with Crippen molar-refractivity contribution in [2.24, 2.45) is 0 Å². The molecule has 1 atom stereocenters. The Hall–Kier alpha value is -2.36. The molecule has 1 aliphatic carbocycles. The van der Waals surface area contributed by atoms with Gasteiger partial charge in [-0.25, -0.2) is 0 Å². The van der Waals surface area contributed by atoms with E-state index in [0.717, 1.165) is 11.1 Å². The Morgan fingerprint density at radius 2 is 2.20 bits per heavy atom. The van der Waals surface area contributed by atoms with Crippen molar-refractivity contribution in [1.82, 2.24) is 5.32 Å². The first-order valence-electron chi connectivity index (χ1n) is 6.59. The molecular weight excluding hydrogens is 254 g/mol. The van der Waals surface area contributed by atoms with Crippen LogP contribution in [-0.2, 0) is 11.3 Å². The molecule has 1 unspecified atom stereocenters. The Balaban J connectivity index is 1.79. The van der Waals surface area contributed by atoms with Crippen LogP contribution in [0.15, 0.2) is 41.0 Å². The molecule has 2 aromatic rings. The van der Waals surface area contributed by atoms with Crippen LogP contribution in [0.3, 0.4) is 0 Å². The first-order valence-corrected chi connectivity index (χ1v) is 6.59. The van der Waals surface area contributed by atoms with E-state index >= 15 is 0 Å². The highest BCUT2D eigenvalue weighted by Gasteiger charge is 2.35. The number of amides is 1. The molecular formula is C16H15NO3. The zero-order valence-electron chi connectivity index (χ0n) is 11.2. The molecule has 0 aliphatic heterocycles. The summed E-state index contributed by atoms with van der Waals surface area (Å²) in [7, 11) is 0. The van der Waals surface area contributed by atoms with Gasteiger partial charge in [-0.15, -0.1) is 0 Å². The minimum atomic E-state index is -0.381. The fourth-order valence-corrected chi connectivity index (χ4v) is 2.72. The van der Waals surface area contributed by atoms with Crippen molar-refractivity contribution in [2.75, 3.05) is 0 Å². The smallest absolute Gasteiger partial charge is 0.228 e. The molecule has 4 nitrogen and oxygen atoms in total. The minimum Gasteiger partial charge on any atom is -0.467 e. The summed E-state index contributed by atoms with van der Waals surface area (Å²) in [6, 6.07) is 9.17. The predicted molar refractivity (Wildman–Crippen MR) is 73.4 cm³/mol. The van der Waals surface area contributed by atoms with Crippen molar-refractivity contribution in [3.05, 3.63) is 59.0 Å². The van der Waals surface area contributed by atoms with Crippen molar-refractivity contribution in [3.8, 4) is 0 Å². The van der Waals surface area contributed by atoms with Gasteiger partial charge in [-0.1, -0.05) is 18.2 Å². The van der Waals surface area contributed by atoms with Crippen LogP contribution >= 0.6 is 0 Å². The van der Waals surface area contributed by atoms with Gasteiger partial charge in [0.05, 0.1) is 18.7 Å². The maximum atomic E-state index is 12.3. The summed E-state index contributed by atoms with van der Waals surface area (Å²) in [6.07, 6.45) is 1.82. The Bertz CT molecular complexity index is 658. The lowest BCUT2D eigenvalue weighted by Crippen LogP contribution is -2.28. The fourth-order valence-electron chi connectivity index (χ4n) is 2.72. The van der Waals surface area contributed by atoms with E-state index < -0.39 is 0 Å². The first kappa shape index (κ1) is 12.7. The van der Waals surface area contributed by atoms with Crippen LogP contribution in [0.4, 0.5) is 0 Å². The quantitative estimate of drug-likeness (QED) is 0.931. The number of furan rings is 1. The van der Waals surface area contributed by atoms with E-state index in [1.165, 1.54) is 0 Å². The Morgan fingerprint density at radius 1 is 1.35 bits per heavy atom. The topological polar surface area (TPSA) is 59.3 Å². The second-order valence-electron chi connectivity index (χ2n) is 5.01. The molecule has 20 heavy (non-hydrogen) atoms. The molecule has 1 N–H and O–H groups in total. The van der Waals surface area contributed by atoms with Crippen molar-refractivity contribution >= 4 is 11.7 Å². The fraction of sp³-hybridized carbons (Fsp3) is 0.250. The average molecular weight is 269 g/mol. The van der Waals surface area contributed by atoms with E-state index in [9.17, 15) is 9.59 Å². The maximum absolute atomic E-state index is 12.3. The van der Waals surface area contributed by atoms with Crippen LogP contribution in [0.5, 0.6) is 0 Å². The second kappa shape index (κ2) is 4.96. The molecule has 0 spiro atoms. The summed E-state index contributed by atoms with van der Waals surface area (Å²) in [5.41, 5.74) is 2.55. The number of aryl methyl sites for hydroxylation is 1. The predicted octanol–water partition coefficient (Wildman–Crippen LogP) is 2.57. The van der Waals surface area contributed by atoms with Crippen LogP contribution in [0.25, 0.3) is 0 Å². The monoisotopic (exact) mass is 269 g/mol. The van der Waals surface area contributed by atoms with Gasteiger partial charge in [-0.3, -0.25) is 9.59 Å². The molecule has 0 saturated heterocycles. The van der Waals surface area contributed by atoms with Gasteiger partial charge in [0, 0.05) is 12.0 Å². The van der Waals surface area contributed by atoms with Gasteiger partial charge in [0.15, 0.2) is 5.78 Å². The number of benzene rings is 1. The molecule has 0 saturated carbocycles. The third-order valence-corrected chi connectivity index (χ3v) is 3.70. The Kier molecular flexibility index (Phi) is 3.14. The molecule has 1 heterocycles. The van der Waals surface area contributed by atoms with E-state index in [0.29, 0.717) is 17.9 Å². The average Bonchev–Trinajstić information content (AvgIpc) is 3.05.